The van der Waals surface area contributed by atoms with E-state index in [0.717, 1.165) is 0 Å². The van der Waals surface area contributed by atoms with Gasteiger partial charge in [-0.05, 0) is 6.42 Å². The number of carbonyl (C=O) groups is 4. The van der Waals surface area contributed by atoms with Crippen LogP contribution in [-0.2, 0) is 32.0 Å². The Morgan fingerprint density at radius 3 is 2.03 bits per heavy atom. The highest BCUT2D eigenvalue weighted by Crippen LogP contribution is 2.04. The van der Waals surface area contributed by atoms with E-state index in [9.17, 15) is 24.3 Å². The van der Waals surface area contributed by atoms with Crippen LogP contribution < -0.4 is 22.1 Å². The summed E-state index contributed by atoms with van der Waals surface area (Å²) < 4.78 is 0. The number of primary amides is 1. The van der Waals surface area contributed by atoms with E-state index >= 15 is 0 Å². The van der Waals surface area contributed by atoms with Gasteiger partial charge in [-0.2, -0.15) is 0 Å². The van der Waals surface area contributed by atoms with Crippen molar-refractivity contribution in [2.45, 2.75) is 43.8 Å². The topological polar surface area (TPSA) is 222 Å². The molecule has 13 heteroatoms. The maximum Gasteiger partial charge on any atom is 0.326 e. The van der Waals surface area contributed by atoms with Gasteiger partial charge in [0.05, 0.1) is 18.7 Å². The van der Waals surface area contributed by atoms with Crippen LogP contribution in [0.4, 0.5) is 0 Å². The van der Waals surface area contributed by atoms with E-state index < -0.39 is 41.8 Å². The Hall–Kier alpha value is -3.74. The van der Waals surface area contributed by atoms with Crippen molar-refractivity contribution in [3.05, 3.63) is 36.4 Å². The lowest BCUT2D eigenvalue weighted by Gasteiger charge is -2.22. The van der Waals surface area contributed by atoms with Crippen LogP contribution in [0.5, 0.6) is 0 Å². The Bertz CT molecular complexity index is 852. The summed E-state index contributed by atoms with van der Waals surface area (Å²) in [7, 11) is 0. The van der Waals surface area contributed by atoms with Gasteiger partial charge in [-0.15, -0.1) is 0 Å². The molecule has 13 nitrogen and oxygen atoms in total. The number of nitrogens with two attached hydrogens (primary N) is 2. The van der Waals surface area contributed by atoms with Gasteiger partial charge in [0.25, 0.3) is 0 Å². The van der Waals surface area contributed by atoms with Crippen LogP contribution in [0.25, 0.3) is 0 Å². The van der Waals surface area contributed by atoms with Gasteiger partial charge in [-0.3, -0.25) is 14.4 Å². The first-order valence-corrected chi connectivity index (χ1v) is 9.08. The second-order valence-electron chi connectivity index (χ2n) is 6.63. The third kappa shape index (κ3) is 7.01. The Balaban J connectivity index is 2.06. The molecule has 162 valence electrons. The first-order valence-electron chi connectivity index (χ1n) is 9.08. The third-order valence-corrected chi connectivity index (χ3v) is 4.24. The number of imidazole rings is 2. The summed E-state index contributed by atoms with van der Waals surface area (Å²) in [5.74, 6) is -3.37. The molecule has 0 saturated carbocycles. The largest absolute Gasteiger partial charge is 0.480 e. The molecule has 30 heavy (non-hydrogen) atoms. The van der Waals surface area contributed by atoms with Crippen molar-refractivity contribution in [3.8, 4) is 0 Å². The lowest BCUT2D eigenvalue weighted by Crippen LogP contribution is -2.55. The lowest BCUT2D eigenvalue weighted by molar-refractivity contribution is -0.142. The molecular formula is C17H24N8O5. The number of carbonyl (C=O) groups excluding carboxylic acids is 3. The van der Waals surface area contributed by atoms with Gasteiger partial charge in [0.2, 0.25) is 17.7 Å². The molecule has 3 amide bonds. The van der Waals surface area contributed by atoms with Gasteiger partial charge in [-0.25, -0.2) is 14.8 Å². The van der Waals surface area contributed by atoms with Crippen LogP contribution in [0, 0.1) is 0 Å². The smallest absolute Gasteiger partial charge is 0.326 e. The summed E-state index contributed by atoms with van der Waals surface area (Å²) in [6, 6.07) is -3.43. The zero-order chi connectivity index (χ0) is 22.1. The van der Waals surface area contributed by atoms with Crippen molar-refractivity contribution >= 4 is 23.7 Å². The molecule has 0 fully saturated rings. The minimum absolute atomic E-state index is 0.0243. The second kappa shape index (κ2) is 10.7. The molecule has 0 spiro atoms. The molecule has 2 aromatic rings. The number of nitrogens with one attached hydrogen (secondary N) is 4. The Morgan fingerprint density at radius 2 is 1.53 bits per heavy atom. The third-order valence-electron chi connectivity index (χ3n) is 4.24. The molecule has 2 aromatic heterocycles. The summed E-state index contributed by atoms with van der Waals surface area (Å²) >= 11 is 0. The number of aromatic amines is 2. The van der Waals surface area contributed by atoms with E-state index in [0.29, 0.717) is 11.4 Å². The average Bonchev–Trinajstić information content (AvgIpc) is 3.37. The van der Waals surface area contributed by atoms with Gasteiger partial charge in [-0.1, -0.05) is 0 Å². The summed E-state index contributed by atoms with van der Waals surface area (Å²) in [6.07, 6.45) is 5.65. The van der Waals surface area contributed by atoms with E-state index in [1.807, 2.05) is 0 Å². The lowest BCUT2D eigenvalue weighted by atomic mass is 10.1. The molecule has 3 atom stereocenters. The van der Waals surface area contributed by atoms with Crippen LogP contribution in [-0.4, -0.2) is 66.9 Å². The van der Waals surface area contributed by atoms with Crippen LogP contribution in [0.1, 0.15) is 24.2 Å². The van der Waals surface area contributed by atoms with Gasteiger partial charge in [0.1, 0.15) is 12.1 Å². The van der Waals surface area contributed by atoms with Crippen molar-refractivity contribution in [2.24, 2.45) is 11.5 Å². The summed E-state index contributed by atoms with van der Waals surface area (Å²) in [5.41, 5.74) is 12.1. The summed E-state index contributed by atoms with van der Waals surface area (Å²) in [5, 5.41) is 14.1. The fourth-order valence-electron chi connectivity index (χ4n) is 2.65. The zero-order valence-corrected chi connectivity index (χ0v) is 16.0. The number of nitrogens with zero attached hydrogens (tertiary/aromatic N) is 2. The minimum Gasteiger partial charge on any atom is -0.480 e. The fourth-order valence-corrected chi connectivity index (χ4v) is 2.65. The van der Waals surface area contributed by atoms with Crippen molar-refractivity contribution in [1.29, 1.82) is 0 Å². The number of aliphatic carboxylic acids is 1. The van der Waals surface area contributed by atoms with E-state index in [1.165, 1.54) is 25.0 Å². The molecule has 0 aliphatic heterocycles. The van der Waals surface area contributed by atoms with E-state index in [1.54, 1.807) is 0 Å². The van der Waals surface area contributed by atoms with Crippen molar-refractivity contribution in [2.75, 3.05) is 0 Å². The molecule has 2 rings (SSSR count). The van der Waals surface area contributed by atoms with Gasteiger partial charge in [0, 0.05) is 43.0 Å². The van der Waals surface area contributed by atoms with E-state index in [-0.39, 0.29) is 25.7 Å². The molecule has 0 saturated heterocycles. The van der Waals surface area contributed by atoms with Gasteiger partial charge < -0.3 is 37.2 Å². The van der Waals surface area contributed by atoms with E-state index in [2.05, 4.69) is 30.6 Å². The SMILES string of the molecule is NC(=O)CCC(NC(=O)C(Cc1cnc[nH]1)NC(=O)C(N)Cc1cnc[nH]1)C(=O)O. The maximum absolute atomic E-state index is 12.7. The molecule has 0 bridgehead atoms. The number of carboxylic acids is 1. The van der Waals surface area contributed by atoms with Crippen molar-refractivity contribution in [3.63, 3.8) is 0 Å². The van der Waals surface area contributed by atoms with Crippen LogP contribution in [0.15, 0.2) is 25.0 Å². The highest BCUT2D eigenvalue weighted by atomic mass is 16.4. The normalized spacial score (nSPS) is 13.8. The number of carboxylic acid groups (broad SMARTS) is 1. The Kier molecular flexibility index (Phi) is 8.05. The van der Waals surface area contributed by atoms with Crippen molar-refractivity contribution in [1.82, 2.24) is 30.6 Å². The predicted octanol–water partition coefficient (Wildman–Crippen LogP) is -2.43. The maximum atomic E-state index is 12.7. The van der Waals surface area contributed by atoms with Crippen LogP contribution in [0.3, 0.4) is 0 Å². The Morgan fingerprint density at radius 1 is 0.967 bits per heavy atom. The predicted molar refractivity (Wildman–Crippen MR) is 102 cm³/mol. The second-order valence-corrected chi connectivity index (χ2v) is 6.63. The first kappa shape index (κ1) is 22.5. The first-order chi connectivity index (χ1) is 14.3. The standard InChI is InChI=1S/C17H24N8O5/c18-11(3-9-5-20-7-22-9)15(27)25-13(4-10-6-21-8-23-10)16(28)24-12(17(29)30)1-2-14(19)26/h5-8,11-13H,1-4,18H2,(H2,19,26)(H,20,22)(H,21,23)(H,24,28)(H,25,27)(H,29,30). The molecule has 2 heterocycles. The molecule has 0 aromatic carbocycles. The summed E-state index contributed by atoms with van der Waals surface area (Å²) in [6.45, 7) is 0. The molecule has 3 unspecified atom stereocenters. The molecule has 0 aliphatic carbocycles. The number of aromatic nitrogens is 4. The quantitative estimate of drug-likeness (QED) is 0.195. The van der Waals surface area contributed by atoms with Crippen molar-refractivity contribution < 1.29 is 24.3 Å². The highest BCUT2D eigenvalue weighted by molar-refractivity contribution is 5.92. The van der Waals surface area contributed by atoms with Crippen LogP contribution >= 0.6 is 0 Å². The fraction of sp³-hybridized carbons (Fsp3) is 0.412. The molecule has 0 radical (unpaired) electrons. The molecular weight excluding hydrogens is 396 g/mol. The monoisotopic (exact) mass is 420 g/mol. The number of rotatable bonds is 12. The number of hydrogen-bond acceptors (Lipinski definition) is 7. The number of H-pyrrole nitrogens is 2. The van der Waals surface area contributed by atoms with Crippen LogP contribution in [0.2, 0.25) is 0 Å². The van der Waals surface area contributed by atoms with Gasteiger partial charge in [0.15, 0.2) is 0 Å². The highest BCUT2D eigenvalue weighted by Gasteiger charge is 2.28. The van der Waals surface area contributed by atoms with Gasteiger partial charge >= 0.3 is 5.97 Å². The zero-order valence-electron chi connectivity index (χ0n) is 16.0. The number of hydrogen-bond donors (Lipinski definition) is 7. The Labute approximate surface area is 171 Å². The summed E-state index contributed by atoms with van der Waals surface area (Å²) in [4.78, 5) is 60.9. The van der Waals surface area contributed by atoms with E-state index in [4.69, 9.17) is 11.5 Å². The minimum atomic E-state index is -1.34. The molecule has 0 aliphatic rings. The number of amides is 3. The molecule has 9 N–H and O–H groups in total. The average molecular weight is 420 g/mol.